The molecule has 1 fully saturated rings. The van der Waals surface area contributed by atoms with Gasteiger partial charge in [0.15, 0.2) is 0 Å². The van der Waals surface area contributed by atoms with E-state index in [1.165, 1.54) is 12.8 Å². The van der Waals surface area contributed by atoms with Crippen LogP contribution in [0, 0.1) is 5.41 Å². The molecule has 3 heteroatoms. The number of hydrogen-bond acceptors (Lipinski definition) is 3. The molecule has 1 aliphatic carbocycles. The van der Waals surface area contributed by atoms with Crippen molar-refractivity contribution in [3.8, 4) is 0 Å². The van der Waals surface area contributed by atoms with Crippen LogP contribution in [-0.2, 0) is 4.74 Å². The van der Waals surface area contributed by atoms with Crippen LogP contribution in [0.1, 0.15) is 33.1 Å². The van der Waals surface area contributed by atoms with Gasteiger partial charge in [0.2, 0.25) is 0 Å². The molecule has 2 N–H and O–H groups in total. The van der Waals surface area contributed by atoms with Crippen LogP contribution < -0.4 is 5.73 Å². The summed E-state index contributed by atoms with van der Waals surface area (Å²) in [5, 5.41) is 0. The highest BCUT2D eigenvalue weighted by atomic mass is 16.5. The quantitative estimate of drug-likeness (QED) is 0.665. The van der Waals surface area contributed by atoms with Crippen LogP contribution in [0.15, 0.2) is 0 Å². The number of methoxy groups -OCH3 is 1. The Kier molecular flexibility index (Phi) is 5.03. The number of nitrogens with two attached hydrogens (primary N) is 1. The van der Waals surface area contributed by atoms with Gasteiger partial charge >= 0.3 is 0 Å². The molecule has 1 rings (SSSR count). The maximum atomic E-state index is 5.86. The summed E-state index contributed by atoms with van der Waals surface area (Å²) in [5.41, 5.74) is 6.13. The molecule has 1 atom stereocenters. The van der Waals surface area contributed by atoms with Crippen molar-refractivity contribution in [2.24, 2.45) is 11.1 Å². The smallest absolute Gasteiger partial charge is 0.0589 e. The summed E-state index contributed by atoms with van der Waals surface area (Å²) < 4.78 is 5.16. The van der Waals surface area contributed by atoms with Crippen molar-refractivity contribution in [1.82, 2.24) is 4.90 Å². The van der Waals surface area contributed by atoms with Gasteiger partial charge in [0, 0.05) is 26.2 Å². The standard InChI is InChI=1S/C12H26N2O/c1-4-12(2,9-13)10-14(7-8-15-3)11-5-6-11/h11H,4-10,13H2,1-3H3. The molecule has 0 spiro atoms. The van der Waals surface area contributed by atoms with E-state index < -0.39 is 0 Å². The summed E-state index contributed by atoms with van der Waals surface area (Å²) in [6, 6.07) is 0.803. The van der Waals surface area contributed by atoms with E-state index in [0.717, 1.165) is 38.7 Å². The molecule has 0 radical (unpaired) electrons. The van der Waals surface area contributed by atoms with E-state index in [4.69, 9.17) is 10.5 Å². The monoisotopic (exact) mass is 214 g/mol. The summed E-state index contributed by atoms with van der Waals surface area (Å²) in [5.74, 6) is 0. The molecule has 0 aromatic heterocycles. The predicted molar refractivity (Wildman–Crippen MR) is 63.9 cm³/mol. The van der Waals surface area contributed by atoms with Crippen molar-refractivity contribution in [2.75, 3.05) is 33.4 Å². The Hall–Kier alpha value is -0.120. The van der Waals surface area contributed by atoms with Gasteiger partial charge in [0.1, 0.15) is 0 Å². The Morgan fingerprint density at radius 2 is 2.13 bits per heavy atom. The lowest BCUT2D eigenvalue weighted by atomic mass is 9.87. The first kappa shape index (κ1) is 12.9. The fourth-order valence-corrected chi connectivity index (χ4v) is 1.85. The minimum atomic E-state index is 0.274. The molecular weight excluding hydrogens is 188 g/mol. The second kappa shape index (κ2) is 5.83. The first-order valence-electron chi connectivity index (χ1n) is 6.08. The summed E-state index contributed by atoms with van der Waals surface area (Å²) in [7, 11) is 1.77. The SMILES string of the molecule is CCC(C)(CN)CN(CCOC)C1CC1. The van der Waals surface area contributed by atoms with Gasteiger partial charge < -0.3 is 10.5 Å². The zero-order valence-corrected chi connectivity index (χ0v) is 10.5. The lowest BCUT2D eigenvalue weighted by molar-refractivity contribution is 0.107. The molecule has 0 saturated heterocycles. The normalized spacial score (nSPS) is 20.6. The van der Waals surface area contributed by atoms with Gasteiger partial charge in [-0.25, -0.2) is 0 Å². The highest BCUT2D eigenvalue weighted by Gasteiger charge is 2.33. The van der Waals surface area contributed by atoms with E-state index in [9.17, 15) is 0 Å². The van der Waals surface area contributed by atoms with Gasteiger partial charge in [-0.1, -0.05) is 13.8 Å². The molecule has 90 valence electrons. The topological polar surface area (TPSA) is 38.5 Å². The third kappa shape index (κ3) is 4.09. The van der Waals surface area contributed by atoms with E-state index in [2.05, 4.69) is 18.7 Å². The summed E-state index contributed by atoms with van der Waals surface area (Å²) in [4.78, 5) is 2.56. The molecule has 0 aliphatic heterocycles. The van der Waals surface area contributed by atoms with E-state index >= 15 is 0 Å². The predicted octanol–water partition coefficient (Wildman–Crippen LogP) is 1.47. The Morgan fingerprint density at radius 3 is 2.53 bits per heavy atom. The molecule has 0 bridgehead atoms. The van der Waals surface area contributed by atoms with Crippen molar-refractivity contribution in [2.45, 2.75) is 39.2 Å². The molecule has 0 heterocycles. The van der Waals surface area contributed by atoms with Crippen LogP contribution in [0.5, 0.6) is 0 Å². The fourth-order valence-electron chi connectivity index (χ4n) is 1.85. The fraction of sp³-hybridized carbons (Fsp3) is 1.00. The molecule has 1 saturated carbocycles. The molecule has 0 aromatic carbocycles. The van der Waals surface area contributed by atoms with E-state index in [-0.39, 0.29) is 5.41 Å². The number of hydrogen-bond donors (Lipinski definition) is 1. The minimum absolute atomic E-state index is 0.274. The first-order chi connectivity index (χ1) is 7.15. The number of rotatable bonds is 8. The van der Waals surface area contributed by atoms with Gasteiger partial charge in [-0.3, -0.25) is 4.90 Å². The zero-order chi connectivity index (χ0) is 11.3. The van der Waals surface area contributed by atoms with Gasteiger partial charge in [0.25, 0.3) is 0 Å². The average molecular weight is 214 g/mol. The second-order valence-corrected chi connectivity index (χ2v) is 5.06. The second-order valence-electron chi connectivity index (χ2n) is 5.06. The third-order valence-electron chi connectivity index (χ3n) is 3.58. The maximum absolute atomic E-state index is 5.86. The Morgan fingerprint density at radius 1 is 1.47 bits per heavy atom. The van der Waals surface area contributed by atoms with Crippen LogP contribution in [0.3, 0.4) is 0 Å². The minimum Gasteiger partial charge on any atom is -0.383 e. The van der Waals surface area contributed by atoms with Crippen molar-refractivity contribution in [3.63, 3.8) is 0 Å². The van der Waals surface area contributed by atoms with Crippen molar-refractivity contribution in [3.05, 3.63) is 0 Å². The van der Waals surface area contributed by atoms with Gasteiger partial charge in [-0.2, -0.15) is 0 Å². The Labute approximate surface area is 94.0 Å². The van der Waals surface area contributed by atoms with Crippen molar-refractivity contribution >= 4 is 0 Å². The van der Waals surface area contributed by atoms with Crippen LogP contribution >= 0.6 is 0 Å². The lowest BCUT2D eigenvalue weighted by Gasteiger charge is -2.34. The summed E-state index contributed by atoms with van der Waals surface area (Å²) >= 11 is 0. The molecule has 1 unspecified atom stereocenters. The third-order valence-corrected chi connectivity index (χ3v) is 3.58. The van der Waals surface area contributed by atoms with Gasteiger partial charge in [-0.15, -0.1) is 0 Å². The largest absolute Gasteiger partial charge is 0.383 e. The number of nitrogens with zero attached hydrogens (tertiary/aromatic N) is 1. The average Bonchev–Trinajstić information content (AvgIpc) is 3.07. The van der Waals surface area contributed by atoms with Crippen LogP contribution in [0.25, 0.3) is 0 Å². The van der Waals surface area contributed by atoms with Crippen LogP contribution in [-0.4, -0.2) is 44.3 Å². The molecular formula is C12H26N2O. The summed E-state index contributed by atoms with van der Waals surface area (Å²) in [6.45, 7) is 8.30. The van der Waals surface area contributed by atoms with Crippen LogP contribution in [0.2, 0.25) is 0 Å². The van der Waals surface area contributed by atoms with E-state index in [0.29, 0.717) is 0 Å². The van der Waals surface area contributed by atoms with Crippen molar-refractivity contribution < 1.29 is 4.74 Å². The zero-order valence-electron chi connectivity index (χ0n) is 10.5. The van der Waals surface area contributed by atoms with E-state index in [1.54, 1.807) is 7.11 Å². The first-order valence-corrected chi connectivity index (χ1v) is 6.08. The van der Waals surface area contributed by atoms with Gasteiger partial charge in [0.05, 0.1) is 6.61 Å². The molecule has 1 aliphatic rings. The van der Waals surface area contributed by atoms with E-state index in [1.807, 2.05) is 0 Å². The van der Waals surface area contributed by atoms with Gasteiger partial charge in [-0.05, 0) is 31.2 Å². The molecule has 15 heavy (non-hydrogen) atoms. The number of ether oxygens (including phenoxy) is 1. The molecule has 0 amide bonds. The lowest BCUT2D eigenvalue weighted by Crippen LogP contribution is -2.42. The van der Waals surface area contributed by atoms with Crippen LogP contribution in [0.4, 0.5) is 0 Å². The molecule has 0 aromatic rings. The molecule has 3 nitrogen and oxygen atoms in total. The Balaban J connectivity index is 2.41. The maximum Gasteiger partial charge on any atom is 0.0589 e. The van der Waals surface area contributed by atoms with Crippen molar-refractivity contribution in [1.29, 1.82) is 0 Å². The summed E-state index contributed by atoms with van der Waals surface area (Å²) in [6.07, 6.45) is 3.86. The highest BCUT2D eigenvalue weighted by Crippen LogP contribution is 2.30. The Bertz CT molecular complexity index is 176. The highest BCUT2D eigenvalue weighted by molar-refractivity contribution is 4.88.